The van der Waals surface area contributed by atoms with Crippen LogP contribution in [0, 0.1) is 0 Å². The van der Waals surface area contributed by atoms with Gasteiger partial charge in [0.05, 0.1) is 6.61 Å². The monoisotopic (exact) mass is 378 g/mol. The van der Waals surface area contributed by atoms with Gasteiger partial charge in [0.2, 0.25) is 11.0 Å². The highest BCUT2D eigenvalue weighted by Gasteiger charge is 2.34. The van der Waals surface area contributed by atoms with Crippen LogP contribution in [0.3, 0.4) is 0 Å². The molecule has 1 aromatic carbocycles. The molecule has 1 aliphatic rings. The predicted octanol–water partition coefficient (Wildman–Crippen LogP) is 2.02. The number of hydrogen-bond donors (Lipinski definition) is 1. The van der Waals surface area contributed by atoms with Crippen LogP contribution in [0.2, 0.25) is 0 Å². The van der Waals surface area contributed by atoms with Crippen molar-refractivity contribution in [3.8, 4) is 0 Å². The van der Waals surface area contributed by atoms with Gasteiger partial charge in [-0.1, -0.05) is 60.4 Å². The standard InChI is InChI=1S/C16H18N4O3S2/c1-2-24-16-19-18-15(25-16)17-14(22)12-9-23-10-13(21)20(12)8-11-6-4-3-5-7-11/h3-7,12H,2,8-10H2,1H3,(H,17,18,22)/t12-/m1/s1. The van der Waals surface area contributed by atoms with Crippen LogP contribution in [0.5, 0.6) is 0 Å². The number of thioether (sulfide) groups is 1. The number of hydrogen-bond acceptors (Lipinski definition) is 7. The van der Waals surface area contributed by atoms with Crippen LogP contribution in [-0.2, 0) is 20.9 Å². The van der Waals surface area contributed by atoms with E-state index in [2.05, 4.69) is 15.5 Å². The van der Waals surface area contributed by atoms with Gasteiger partial charge in [-0.25, -0.2) is 0 Å². The third kappa shape index (κ3) is 4.56. The molecule has 0 unspecified atom stereocenters. The van der Waals surface area contributed by atoms with Gasteiger partial charge in [0.1, 0.15) is 12.6 Å². The number of ether oxygens (including phenoxy) is 1. The first-order valence-corrected chi connectivity index (χ1v) is 9.66. The fraction of sp³-hybridized carbons (Fsp3) is 0.375. The molecule has 9 heteroatoms. The Kier molecular flexibility index (Phi) is 6.00. The Morgan fingerprint density at radius 3 is 2.96 bits per heavy atom. The highest BCUT2D eigenvalue weighted by molar-refractivity contribution is 8.01. The molecule has 0 spiro atoms. The van der Waals surface area contributed by atoms with Crippen LogP contribution in [0.25, 0.3) is 0 Å². The van der Waals surface area contributed by atoms with Gasteiger partial charge in [-0.15, -0.1) is 10.2 Å². The lowest BCUT2D eigenvalue weighted by Crippen LogP contribution is -2.54. The zero-order valence-corrected chi connectivity index (χ0v) is 15.3. The third-order valence-corrected chi connectivity index (χ3v) is 5.45. The van der Waals surface area contributed by atoms with Gasteiger partial charge in [-0.3, -0.25) is 14.9 Å². The molecular weight excluding hydrogens is 360 g/mol. The Balaban J connectivity index is 1.70. The molecule has 1 saturated heterocycles. The molecule has 132 valence electrons. The minimum Gasteiger partial charge on any atom is -0.369 e. The van der Waals surface area contributed by atoms with Crippen molar-refractivity contribution in [2.24, 2.45) is 0 Å². The SMILES string of the molecule is CCSc1nnc(NC(=O)[C@H]2COCC(=O)N2Cc2ccccc2)s1. The summed E-state index contributed by atoms with van der Waals surface area (Å²) in [6.45, 7) is 2.55. The first-order valence-electron chi connectivity index (χ1n) is 7.85. The molecule has 2 aromatic rings. The van der Waals surface area contributed by atoms with Crippen molar-refractivity contribution in [3.63, 3.8) is 0 Å². The Bertz CT molecular complexity index is 738. The van der Waals surface area contributed by atoms with Crippen LogP contribution in [-0.4, -0.2) is 51.9 Å². The van der Waals surface area contributed by atoms with E-state index in [1.807, 2.05) is 37.3 Å². The van der Waals surface area contributed by atoms with Crippen LogP contribution < -0.4 is 5.32 Å². The molecule has 1 fully saturated rings. The van der Waals surface area contributed by atoms with Gasteiger partial charge in [0.15, 0.2) is 4.34 Å². The van der Waals surface area contributed by atoms with Crippen molar-refractivity contribution in [3.05, 3.63) is 35.9 Å². The molecule has 1 aromatic heterocycles. The van der Waals surface area contributed by atoms with Gasteiger partial charge in [0, 0.05) is 6.54 Å². The van der Waals surface area contributed by atoms with Crippen molar-refractivity contribution in [2.75, 3.05) is 24.3 Å². The van der Waals surface area contributed by atoms with E-state index in [4.69, 9.17) is 4.74 Å². The lowest BCUT2D eigenvalue weighted by molar-refractivity contribution is -0.154. The van der Waals surface area contributed by atoms with E-state index in [-0.39, 0.29) is 25.0 Å². The maximum Gasteiger partial charge on any atom is 0.251 e. The molecule has 3 rings (SSSR count). The number of nitrogens with one attached hydrogen (secondary N) is 1. The van der Waals surface area contributed by atoms with E-state index in [9.17, 15) is 9.59 Å². The molecule has 25 heavy (non-hydrogen) atoms. The Hall–Kier alpha value is -1.97. The van der Waals surface area contributed by atoms with Crippen molar-refractivity contribution in [2.45, 2.75) is 23.8 Å². The Labute approximate surface area is 153 Å². The second-order valence-corrected chi connectivity index (χ2v) is 7.82. The number of carbonyl (C=O) groups excluding carboxylic acids is 2. The molecule has 0 radical (unpaired) electrons. The molecule has 0 aliphatic carbocycles. The van der Waals surface area contributed by atoms with Gasteiger partial charge >= 0.3 is 0 Å². The number of nitrogens with zero attached hydrogens (tertiary/aromatic N) is 3. The number of benzene rings is 1. The van der Waals surface area contributed by atoms with E-state index in [0.29, 0.717) is 11.7 Å². The number of rotatable bonds is 6. The number of amides is 2. The maximum atomic E-state index is 12.6. The molecule has 2 heterocycles. The van der Waals surface area contributed by atoms with Gasteiger partial charge in [-0.2, -0.15) is 0 Å². The molecule has 1 aliphatic heterocycles. The minimum atomic E-state index is -0.687. The molecule has 1 N–H and O–H groups in total. The summed E-state index contributed by atoms with van der Waals surface area (Å²) < 4.78 is 6.08. The second kappa shape index (κ2) is 8.41. The third-order valence-electron chi connectivity index (χ3n) is 3.60. The van der Waals surface area contributed by atoms with Crippen LogP contribution in [0.4, 0.5) is 5.13 Å². The van der Waals surface area contributed by atoms with Crippen LogP contribution >= 0.6 is 23.1 Å². The van der Waals surface area contributed by atoms with Crippen molar-refractivity contribution >= 4 is 40.0 Å². The summed E-state index contributed by atoms with van der Waals surface area (Å²) in [5, 5.41) is 11.2. The van der Waals surface area contributed by atoms with Crippen molar-refractivity contribution < 1.29 is 14.3 Å². The zero-order valence-electron chi connectivity index (χ0n) is 13.7. The highest BCUT2D eigenvalue weighted by atomic mass is 32.2. The quantitative estimate of drug-likeness (QED) is 0.611. The summed E-state index contributed by atoms with van der Waals surface area (Å²) in [6, 6.07) is 8.89. The summed E-state index contributed by atoms with van der Waals surface area (Å²) in [5.74, 6) is 0.376. The Morgan fingerprint density at radius 1 is 1.40 bits per heavy atom. The molecule has 7 nitrogen and oxygen atoms in total. The summed E-state index contributed by atoms with van der Waals surface area (Å²) in [5.41, 5.74) is 0.966. The second-order valence-electron chi connectivity index (χ2n) is 5.33. The molecule has 0 saturated carbocycles. The van der Waals surface area contributed by atoms with E-state index < -0.39 is 6.04 Å². The Morgan fingerprint density at radius 2 is 2.20 bits per heavy atom. The number of morpholine rings is 1. The fourth-order valence-corrected chi connectivity index (χ4v) is 4.08. The zero-order chi connectivity index (χ0) is 17.6. The highest BCUT2D eigenvalue weighted by Crippen LogP contribution is 2.25. The molecule has 2 amide bonds. The van der Waals surface area contributed by atoms with Gasteiger partial charge in [0.25, 0.3) is 5.91 Å². The number of carbonyl (C=O) groups is 2. The topological polar surface area (TPSA) is 84.4 Å². The van der Waals surface area contributed by atoms with Crippen LogP contribution in [0.1, 0.15) is 12.5 Å². The van der Waals surface area contributed by atoms with Crippen molar-refractivity contribution in [1.29, 1.82) is 0 Å². The molecular formula is C16H18N4O3S2. The van der Waals surface area contributed by atoms with Crippen molar-refractivity contribution in [1.82, 2.24) is 15.1 Å². The summed E-state index contributed by atoms with van der Waals surface area (Å²) in [6.07, 6.45) is 0. The first-order chi connectivity index (χ1) is 12.2. The normalized spacial score (nSPS) is 17.6. The summed E-state index contributed by atoms with van der Waals surface area (Å²) in [7, 11) is 0. The fourth-order valence-electron chi connectivity index (χ4n) is 2.43. The largest absolute Gasteiger partial charge is 0.369 e. The van der Waals surface area contributed by atoms with E-state index in [0.717, 1.165) is 15.7 Å². The maximum absolute atomic E-state index is 12.6. The molecule has 1 atom stereocenters. The summed E-state index contributed by atoms with van der Waals surface area (Å²) >= 11 is 2.89. The average molecular weight is 378 g/mol. The number of anilines is 1. The average Bonchev–Trinajstić information content (AvgIpc) is 3.05. The molecule has 0 bridgehead atoms. The smallest absolute Gasteiger partial charge is 0.251 e. The van der Waals surface area contributed by atoms with E-state index in [1.54, 1.807) is 16.7 Å². The lowest BCUT2D eigenvalue weighted by atomic mass is 10.1. The minimum absolute atomic E-state index is 0.00723. The van der Waals surface area contributed by atoms with E-state index >= 15 is 0 Å². The summed E-state index contributed by atoms with van der Waals surface area (Å²) in [4.78, 5) is 26.4. The van der Waals surface area contributed by atoms with E-state index in [1.165, 1.54) is 11.3 Å². The first kappa shape index (κ1) is 17.8. The van der Waals surface area contributed by atoms with Gasteiger partial charge < -0.3 is 9.64 Å². The lowest BCUT2D eigenvalue weighted by Gasteiger charge is -2.34. The van der Waals surface area contributed by atoms with Gasteiger partial charge in [-0.05, 0) is 11.3 Å². The predicted molar refractivity (Wildman–Crippen MR) is 96.5 cm³/mol. The van der Waals surface area contributed by atoms with Crippen LogP contribution in [0.15, 0.2) is 34.7 Å². The number of aromatic nitrogens is 2.